The Morgan fingerprint density at radius 2 is 1.96 bits per heavy atom. The number of pyridine rings is 1. The molecule has 1 aromatic heterocycles. The Bertz CT molecular complexity index is 692. The number of hydrogen-bond acceptors (Lipinski definition) is 4. The molecule has 0 spiro atoms. The standard InChI is InChI=1S/C20H24N2O3/c1-22(14-18-5-3-4-12-25-18)20(23)16-8-6-15(7-9-16)17-10-11-19(24-2)21-13-17/h6-11,13,18H,3-5,12,14H2,1-2H3. The van der Waals surface area contributed by atoms with Gasteiger partial charge >= 0.3 is 0 Å². The van der Waals surface area contributed by atoms with E-state index in [1.54, 1.807) is 18.2 Å². The number of nitrogens with zero attached hydrogens (tertiary/aromatic N) is 2. The van der Waals surface area contributed by atoms with Gasteiger partial charge in [-0.25, -0.2) is 4.98 Å². The summed E-state index contributed by atoms with van der Waals surface area (Å²) < 4.78 is 10.8. The lowest BCUT2D eigenvalue weighted by Gasteiger charge is -2.27. The summed E-state index contributed by atoms with van der Waals surface area (Å²) in [5, 5.41) is 0. The van der Waals surface area contributed by atoms with E-state index in [9.17, 15) is 4.79 Å². The highest BCUT2D eigenvalue weighted by Crippen LogP contribution is 2.21. The Kier molecular flexibility index (Phi) is 5.66. The maximum Gasteiger partial charge on any atom is 0.253 e. The summed E-state index contributed by atoms with van der Waals surface area (Å²) in [5.74, 6) is 0.607. The lowest BCUT2D eigenvalue weighted by molar-refractivity contribution is -0.000186. The van der Waals surface area contributed by atoms with Crippen molar-refractivity contribution in [2.45, 2.75) is 25.4 Å². The molecule has 5 heteroatoms. The monoisotopic (exact) mass is 340 g/mol. The molecule has 0 bridgehead atoms. The Hall–Kier alpha value is -2.40. The van der Waals surface area contributed by atoms with Crippen molar-refractivity contribution in [1.82, 2.24) is 9.88 Å². The molecule has 132 valence electrons. The number of likely N-dealkylation sites (N-methyl/N-ethyl adjacent to an activating group) is 1. The van der Waals surface area contributed by atoms with E-state index in [2.05, 4.69) is 4.98 Å². The molecule has 1 saturated heterocycles. The van der Waals surface area contributed by atoms with E-state index in [0.717, 1.165) is 30.6 Å². The van der Waals surface area contributed by atoms with E-state index in [4.69, 9.17) is 9.47 Å². The molecule has 1 aliphatic rings. The molecule has 0 radical (unpaired) electrons. The lowest BCUT2D eigenvalue weighted by atomic mass is 10.0. The number of benzene rings is 1. The Balaban J connectivity index is 1.65. The average Bonchev–Trinajstić information content (AvgIpc) is 2.68. The second-order valence-electron chi connectivity index (χ2n) is 6.34. The molecule has 0 aliphatic carbocycles. The predicted molar refractivity (Wildman–Crippen MR) is 96.8 cm³/mol. The van der Waals surface area contributed by atoms with Crippen molar-refractivity contribution in [2.75, 3.05) is 27.3 Å². The van der Waals surface area contributed by atoms with Crippen LogP contribution in [0.3, 0.4) is 0 Å². The molecule has 1 amide bonds. The minimum absolute atomic E-state index is 0.0218. The smallest absolute Gasteiger partial charge is 0.253 e. The molecule has 1 atom stereocenters. The van der Waals surface area contributed by atoms with Crippen molar-refractivity contribution >= 4 is 5.91 Å². The first-order valence-corrected chi connectivity index (χ1v) is 8.65. The van der Waals surface area contributed by atoms with E-state index < -0.39 is 0 Å². The zero-order valence-corrected chi connectivity index (χ0v) is 14.8. The molecular weight excluding hydrogens is 316 g/mol. The first-order valence-electron chi connectivity index (χ1n) is 8.65. The third-order valence-corrected chi connectivity index (χ3v) is 4.51. The van der Waals surface area contributed by atoms with Crippen molar-refractivity contribution in [3.05, 3.63) is 48.2 Å². The zero-order valence-electron chi connectivity index (χ0n) is 14.8. The highest BCUT2D eigenvalue weighted by atomic mass is 16.5. The van der Waals surface area contributed by atoms with Crippen LogP contribution in [0.5, 0.6) is 5.88 Å². The van der Waals surface area contributed by atoms with E-state index >= 15 is 0 Å². The van der Waals surface area contributed by atoms with Gasteiger partial charge in [0.2, 0.25) is 5.88 Å². The van der Waals surface area contributed by atoms with Crippen LogP contribution in [0.4, 0.5) is 0 Å². The molecule has 0 saturated carbocycles. The minimum atomic E-state index is 0.0218. The van der Waals surface area contributed by atoms with Crippen LogP contribution in [-0.4, -0.2) is 49.2 Å². The van der Waals surface area contributed by atoms with Crippen LogP contribution in [0, 0.1) is 0 Å². The van der Waals surface area contributed by atoms with E-state index in [-0.39, 0.29) is 12.0 Å². The van der Waals surface area contributed by atoms with Crippen molar-refractivity contribution in [3.8, 4) is 17.0 Å². The lowest BCUT2D eigenvalue weighted by Crippen LogP contribution is -2.37. The van der Waals surface area contributed by atoms with Crippen LogP contribution in [0.15, 0.2) is 42.6 Å². The summed E-state index contributed by atoms with van der Waals surface area (Å²) in [7, 11) is 3.43. The van der Waals surface area contributed by atoms with Gasteiger partial charge in [0.25, 0.3) is 5.91 Å². The van der Waals surface area contributed by atoms with Crippen molar-refractivity contribution in [1.29, 1.82) is 0 Å². The molecule has 3 rings (SSSR count). The first-order chi connectivity index (χ1) is 12.2. The number of hydrogen-bond donors (Lipinski definition) is 0. The largest absolute Gasteiger partial charge is 0.481 e. The predicted octanol–water partition coefficient (Wildman–Crippen LogP) is 3.40. The van der Waals surface area contributed by atoms with Crippen LogP contribution in [0.1, 0.15) is 29.6 Å². The second kappa shape index (κ2) is 8.12. The fraction of sp³-hybridized carbons (Fsp3) is 0.400. The summed E-state index contributed by atoms with van der Waals surface area (Å²) in [4.78, 5) is 18.6. The van der Waals surface area contributed by atoms with Gasteiger partial charge < -0.3 is 14.4 Å². The molecule has 0 N–H and O–H groups in total. The fourth-order valence-corrected chi connectivity index (χ4v) is 3.04. The van der Waals surface area contributed by atoms with Crippen molar-refractivity contribution in [2.24, 2.45) is 0 Å². The van der Waals surface area contributed by atoms with Crippen LogP contribution >= 0.6 is 0 Å². The fourth-order valence-electron chi connectivity index (χ4n) is 3.04. The SMILES string of the molecule is COc1ccc(-c2ccc(C(=O)N(C)CC3CCCCO3)cc2)cn1. The van der Waals surface area contributed by atoms with Gasteiger partial charge in [0.15, 0.2) is 0 Å². The molecular formula is C20H24N2O3. The van der Waals surface area contributed by atoms with Gasteiger partial charge in [-0.1, -0.05) is 12.1 Å². The minimum Gasteiger partial charge on any atom is -0.481 e. The van der Waals surface area contributed by atoms with E-state index in [1.165, 1.54) is 6.42 Å². The molecule has 2 heterocycles. The number of rotatable bonds is 5. The van der Waals surface area contributed by atoms with Gasteiger partial charge in [0.1, 0.15) is 0 Å². The average molecular weight is 340 g/mol. The van der Waals surface area contributed by atoms with Gasteiger partial charge in [-0.3, -0.25) is 4.79 Å². The number of methoxy groups -OCH3 is 1. The van der Waals surface area contributed by atoms with Crippen LogP contribution < -0.4 is 4.74 Å². The summed E-state index contributed by atoms with van der Waals surface area (Å²) in [5.41, 5.74) is 2.69. The molecule has 1 aliphatic heterocycles. The zero-order chi connectivity index (χ0) is 17.6. The van der Waals surface area contributed by atoms with Gasteiger partial charge in [-0.05, 0) is 43.0 Å². The highest BCUT2D eigenvalue weighted by molar-refractivity contribution is 5.94. The van der Waals surface area contributed by atoms with Gasteiger partial charge in [-0.2, -0.15) is 0 Å². The van der Waals surface area contributed by atoms with Gasteiger partial charge in [-0.15, -0.1) is 0 Å². The number of aromatic nitrogens is 1. The topological polar surface area (TPSA) is 51.7 Å². The van der Waals surface area contributed by atoms with Crippen molar-refractivity contribution in [3.63, 3.8) is 0 Å². The van der Waals surface area contributed by atoms with E-state index in [1.807, 2.05) is 43.4 Å². The maximum atomic E-state index is 12.6. The van der Waals surface area contributed by atoms with Crippen LogP contribution in [-0.2, 0) is 4.74 Å². The van der Waals surface area contributed by atoms with Crippen LogP contribution in [0.25, 0.3) is 11.1 Å². The molecule has 1 fully saturated rings. The number of carbonyl (C=O) groups excluding carboxylic acids is 1. The summed E-state index contributed by atoms with van der Waals surface area (Å²) >= 11 is 0. The van der Waals surface area contributed by atoms with E-state index in [0.29, 0.717) is 18.0 Å². The third kappa shape index (κ3) is 4.37. The first kappa shape index (κ1) is 17.4. The van der Waals surface area contributed by atoms with Crippen LogP contribution in [0.2, 0.25) is 0 Å². The maximum absolute atomic E-state index is 12.6. The Morgan fingerprint density at radius 3 is 2.56 bits per heavy atom. The van der Waals surface area contributed by atoms with Gasteiger partial charge in [0.05, 0.1) is 13.2 Å². The Labute approximate surface area is 148 Å². The normalized spacial score (nSPS) is 17.1. The highest BCUT2D eigenvalue weighted by Gasteiger charge is 2.19. The summed E-state index contributed by atoms with van der Waals surface area (Å²) in [6.07, 6.45) is 5.25. The molecule has 25 heavy (non-hydrogen) atoms. The molecule has 5 nitrogen and oxygen atoms in total. The molecule has 1 aromatic carbocycles. The quantitative estimate of drug-likeness (QED) is 0.837. The number of amides is 1. The number of ether oxygens (including phenoxy) is 2. The number of carbonyl (C=O) groups is 1. The summed E-state index contributed by atoms with van der Waals surface area (Å²) in [6.45, 7) is 1.44. The van der Waals surface area contributed by atoms with Crippen molar-refractivity contribution < 1.29 is 14.3 Å². The van der Waals surface area contributed by atoms with Gasteiger partial charge in [0, 0.05) is 43.6 Å². The third-order valence-electron chi connectivity index (χ3n) is 4.51. The Morgan fingerprint density at radius 1 is 1.20 bits per heavy atom. The summed E-state index contributed by atoms with van der Waals surface area (Å²) in [6, 6.07) is 11.4. The molecule has 2 aromatic rings. The second-order valence-corrected chi connectivity index (χ2v) is 6.34. The molecule has 1 unspecified atom stereocenters.